The number of hydrogen-bond acceptors (Lipinski definition) is 10. The van der Waals surface area contributed by atoms with Crippen molar-refractivity contribution in [1.82, 2.24) is 0 Å². The van der Waals surface area contributed by atoms with Gasteiger partial charge in [-0.15, -0.1) is 24.8 Å². The number of fused-ring (bicyclic) bond motifs is 3. The molecule has 3 aliphatic rings. The fourth-order valence-electron chi connectivity index (χ4n) is 5.59. The molecule has 208 valence electrons. The number of rotatable bonds is 4. The molecule has 1 aliphatic heterocycles. The summed E-state index contributed by atoms with van der Waals surface area (Å²) in [6, 6.07) is 5.91. The second-order valence-electron chi connectivity index (χ2n) is 10.1. The largest absolute Gasteiger partial charge is 0.507 e. The van der Waals surface area contributed by atoms with Crippen molar-refractivity contribution in [1.29, 1.82) is 0 Å². The van der Waals surface area contributed by atoms with E-state index in [4.69, 9.17) is 20.9 Å². The van der Waals surface area contributed by atoms with Gasteiger partial charge in [0.15, 0.2) is 17.9 Å². The minimum absolute atomic E-state index is 0. The number of halogens is 2. The topological polar surface area (TPSA) is 186 Å². The number of carbonyl (C=O) groups excluding carboxylic acids is 2. The lowest BCUT2D eigenvalue weighted by atomic mass is 9.70. The highest BCUT2D eigenvalue weighted by Crippen LogP contribution is 2.51. The molecule has 10 nitrogen and oxygen atoms in total. The molecule has 8 N–H and O–H groups in total. The van der Waals surface area contributed by atoms with Crippen LogP contribution in [-0.4, -0.2) is 68.7 Å². The summed E-state index contributed by atoms with van der Waals surface area (Å²) in [6.45, 7) is 1.26. The van der Waals surface area contributed by atoms with Crippen LogP contribution in [0.2, 0.25) is 0 Å². The number of phenols is 2. The number of ketones is 2. The zero-order valence-electron chi connectivity index (χ0n) is 20.6. The molecule has 1 saturated heterocycles. The molecule has 0 amide bonds. The number of hydrogen-bond donors (Lipinski definition) is 6. The van der Waals surface area contributed by atoms with Crippen LogP contribution in [0.5, 0.6) is 11.5 Å². The monoisotopic (exact) mass is 570 g/mol. The first-order valence-electron chi connectivity index (χ1n) is 12.0. The Labute approximate surface area is 231 Å². The van der Waals surface area contributed by atoms with Crippen molar-refractivity contribution in [2.75, 3.05) is 6.61 Å². The van der Waals surface area contributed by atoms with Crippen LogP contribution >= 0.6 is 24.8 Å². The smallest absolute Gasteiger partial charge is 0.198 e. The van der Waals surface area contributed by atoms with Gasteiger partial charge in [0.05, 0.1) is 36.0 Å². The Morgan fingerprint density at radius 3 is 2.21 bits per heavy atom. The lowest BCUT2D eigenvalue weighted by molar-refractivity contribution is -0.230. The van der Waals surface area contributed by atoms with E-state index in [1.165, 1.54) is 19.1 Å². The Hall–Kier alpha value is -2.28. The molecule has 5 rings (SSSR count). The van der Waals surface area contributed by atoms with Crippen LogP contribution in [0.3, 0.4) is 0 Å². The molecule has 1 heterocycles. The van der Waals surface area contributed by atoms with Crippen molar-refractivity contribution < 1.29 is 39.5 Å². The van der Waals surface area contributed by atoms with E-state index in [0.717, 1.165) is 0 Å². The normalized spacial score (nSPS) is 28.8. The van der Waals surface area contributed by atoms with E-state index in [9.17, 15) is 30.0 Å². The Morgan fingerprint density at radius 1 is 1.08 bits per heavy atom. The maximum atomic E-state index is 13.4. The van der Waals surface area contributed by atoms with Crippen molar-refractivity contribution in [3.05, 3.63) is 57.6 Å². The number of aromatic hydroxyl groups is 2. The second kappa shape index (κ2) is 11.1. The van der Waals surface area contributed by atoms with E-state index >= 15 is 0 Å². The Morgan fingerprint density at radius 2 is 1.66 bits per heavy atom. The van der Waals surface area contributed by atoms with Crippen molar-refractivity contribution in [2.45, 2.75) is 68.8 Å². The predicted octanol–water partition coefficient (Wildman–Crippen LogP) is 1.62. The lowest BCUT2D eigenvalue weighted by Gasteiger charge is -2.44. The molecule has 0 radical (unpaired) electrons. The Bertz CT molecular complexity index is 1260. The van der Waals surface area contributed by atoms with Gasteiger partial charge in [0.2, 0.25) is 0 Å². The Balaban J connectivity index is 0.00000200. The van der Waals surface area contributed by atoms with Gasteiger partial charge in [0.25, 0.3) is 0 Å². The number of benzene rings is 2. The summed E-state index contributed by atoms with van der Waals surface area (Å²) in [5.74, 6) is -2.12. The summed E-state index contributed by atoms with van der Waals surface area (Å²) >= 11 is 0. The summed E-state index contributed by atoms with van der Waals surface area (Å²) in [5, 5.41) is 42.8. The van der Waals surface area contributed by atoms with E-state index in [1.807, 2.05) is 0 Å². The molecular weight excluding hydrogens is 539 g/mol. The average Bonchev–Trinajstić information content (AvgIpc) is 2.84. The minimum atomic E-state index is -1.28. The zero-order valence-corrected chi connectivity index (χ0v) is 22.3. The molecule has 0 saturated carbocycles. The zero-order chi connectivity index (χ0) is 25.9. The molecule has 12 heteroatoms. The molecule has 2 aromatic carbocycles. The van der Waals surface area contributed by atoms with Crippen LogP contribution < -0.4 is 11.5 Å². The average molecular weight is 571 g/mol. The van der Waals surface area contributed by atoms with Crippen LogP contribution in [0.4, 0.5) is 0 Å². The van der Waals surface area contributed by atoms with Gasteiger partial charge < -0.3 is 41.4 Å². The molecule has 3 unspecified atom stereocenters. The summed E-state index contributed by atoms with van der Waals surface area (Å²) in [7, 11) is 0. The van der Waals surface area contributed by atoms with E-state index < -0.39 is 53.2 Å². The highest BCUT2D eigenvalue weighted by atomic mass is 35.5. The van der Waals surface area contributed by atoms with Gasteiger partial charge >= 0.3 is 0 Å². The van der Waals surface area contributed by atoms with Gasteiger partial charge in [0, 0.05) is 40.3 Å². The van der Waals surface area contributed by atoms with Crippen molar-refractivity contribution >= 4 is 36.4 Å². The first kappa shape index (κ1) is 30.3. The van der Waals surface area contributed by atoms with Crippen molar-refractivity contribution in [2.24, 2.45) is 11.5 Å². The quantitative estimate of drug-likeness (QED) is 0.252. The molecule has 0 aromatic heterocycles. The van der Waals surface area contributed by atoms with Gasteiger partial charge in [-0.25, -0.2) is 0 Å². The Kier molecular flexibility index (Phi) is 8.82. The van der Waals surface area contributed by atoms with Crippen LogP contribution in [0, 0.1) is 0 Å². The van der Waals surface area contributed by atoms with Gasteiger partial charge in [-0.2, -0.15) is 0 Å². The molecule has 0 bridgehead atoms. The van der Waals surface area contributed by atoms with Gasteiger partial charge in [-0.05, 0) is 26.2 Å². The number of phenolic OH excluding ortho intramolecular Hbond substituents is 2. The maximum Gasteiger partial charge on any atom is 0.198 e. The predicted molar refractivity (Wildman–Crippen MR) is 141 cm³/mol. The lowest BCUT2D eigenvalue weighted by Crippen LogP contribution is -2.55. The third kappa shape index (κ3) is 4.80. The van der Waals surface area contributed by atoms with Gasteiger partial charge in [0.1, 0.15) is 11.5 Å². The summed E-state index contributed by atoms with van der Waals surface area (Å²) in [4.78, 5) is 26.7. The summed E-state index contributed by atoms with van der Waals surface area (Å²) < 4.78 is 12.0. The van der Waals surface area contributed by atoms with E-state index in [0.29, 0.717) is 12.8 Å². The SMILES string of the molecule is CC(O)C1(N)Cc2c(O)c3c(c(O)c2C(O[C@H]2C[C@H](N)C[C@@H](CO)O2)C1)C(=O)c1ccccc1C3=O.Cl.Cl. The molecule has 1 fully saturated rings. The second-order valence-corrected chi connectivity index (χ2v) is 10.1. The van der Waals surface area contributed by atoms with Crippen molar-refractivity contribution in [3.63, 3.8) is 0 Å². The molecule has 0 spiro atoms. The first-order chi connectivity index (χ1) is 17.1. The van der Waals surface area contributed by atoms with Gasteiger partial charge in [-0.1, -0.05) is 24.3 Å². The number of ether oxygens (including phenoxy) is 2. The number of aliphatic hydroxyl groups excluding tert-OH is 2. The third-order valence-electron chi connectivity index (χ3n) is 7.61. The van der Waals surface area contributed by atoms with E-state index in [1.54, 1.807) is 12.1 Å². The van der Waals surface area contributed by atoms with Crippen LogP contribution in [0.1, 0.15) is 75.3 Å². The third-order valence-corrected chi connectivity index (χ3v) is 7.61. The summed E-state index contributed by atoms with van der Waals surface area (Å²) in [6.07, 6.45) is -2.73. The molecule has 38 heavy (non-hydrogen) atoms. The standard InChI is InChI=1S/C26H30N2O8.2ClH/c1-11(30)26(28)8-16-19(17(9-26)36-18-7-12(27)6-13(10-29)35-18)25(34)21-20(24(16)33)22(31)14-4-2-3-5-15(14)23(21)32;;/h2-5,11-13,17-18,29-30,33-34H,6-10,27-28H2,1H3;2*1H/t11?,12-,13+,17?,18+,26?;;/m1../s1. The fourth-order valence-corrected chi connectivity index (χ4v) is 5.59. The maximum absolute atomic E-state index is 13.4. The fraction of sp³-hybridized carbons (Fsp3) is 0.462. The molecular formula is C26H32Cl2N2O8. The molecule has 2 aliphatic carbocycles. The molecule has 2 aromatic rings. The molecule has 6 atom stereocenters. The number of nitrogens with two attached hydrogens (primary N) is 2. The van der Waals surface area contributed by atoms with Crippen LogP contribution in [0.25, 0.3) is 0 Å². The van der Waals surface area contributed by atoms with Crippen LogP contribution in [0.15, 0.2) is 24.3 Å². The first-order valence-corrected chi connectivity index (χ1v) is 12.0. The van der Waals surface area contributed by atoms with Crippen LogP contribution in [-0.2, 0) is 15.9 Å². The van der Waals surface area contributed by atoms with Crippen molar-refractivity contribution in [3.8, 4) is 11.5 Å². The number of carbonyl (C=O) groups is 2. The highest BCUT2D eigenvalue weighted by molar-refractivity contribution is 6.30. The van der Waals surface area contributed by atoms with Gasteiger partial charge in [-0.3, -0.25) is 9.59 Å². The van der Waals surface area contributed by atoms with E-state index in [2.05, 4.69) is 0 Å². The number of aliphatic hydroxyl groups is 2. The minimum Gasteiger partial charge on any atom is -0.507 e. The summed E-state index contributed by atoms with van der Waals surface area (Å²) in [5.41, 5.74) is 11.3. The highest BCUT2D eigenvalue weighted by Gasteiger charge is 2.47. The van der Waals surface area contributed by atoms with E-state index in [-0.39, 0.29) is 83.7 Å².